The summed E-state index contributed by atoms with van der Waals surface area (Å²) >= 11 is 0. The third-order valence-corrected chi connectivity index (χ3v) is 4.81. The Bertz CT molecular complexity index is 310. The smallest absolute Gasteiger partial charge is 0.0795 e. The van der Waals surface area contributed by atoms with E-state index in [9.17, 15) is 10.2 Å². The zero-order valence-corrected chi connectivity index (χ0v) is 10.2. The Hall–Kier alpha value is -0.120. The Labute approximate surface area is 96.8 Å². The summed E-state index contributed by atoms with van der Waals surface area (Å²) in [5, 5.41) is 20.7. The monoisotopic (exact) mass is 226 g/mol. The van der Waals surface area contributed by atoms with Gasteiger partial charge in [-0.05, 0) is 25.2 Å². The summed E-state index contributed by atoms with van der Waals surface area (Å²) in [6.45, 7) is 5.02. The molecule has 0 aromatic rings. The van der Waals surface area contributed by atoms with Crippen LogP contribution in [0.3, 0.4) is 0 Å². The molecule has 5 unspecified atom stereocenters. The highest BCUT2D eigenvalue weighted by Gasteiger charge is 2.80. The van der Waals surface area contributed by atoms with Gasteiger partial charge in [0, 0.05) is 25.4 Å². The van der Waals surface area contributed by atoms with Gasteiger partial charge in [0.1, 0.15) is 0 Å². The minimum Gasteiger partial charge on any atom is -0.389 e. The van der Waals surface area contributed by atoms with Gasteiger partial charge in [0.05, 0.1) is 16.8 Å². The summed E-state index contributed by atoms with van der Waals surface area (Å²) in [6.07, 6.45) is 4.13. The van der Waals surface area contributed by atoms with Crippen molar-refractivity contribution in [1.82, 2.24) is 0 Å². The standard InChI is InChI=1S/C13H22O3/c1-3-4-16-13-6-9(2)5-11(14)7-12(15,8-13)10(11)13/h9-10,14-15H,3-8H2,1-2H3. The van der Waals surface area contributed by atoms with E-state index in [-0.39, 0.29) is 11.5 Å². The van der Waals surface area contributed by atoms with E-state index in [1.807, 2.05) is 0 Å². The molecule has 0 heterocycles. The van der Waals surface area contributed by atoms with E-state index in [4.69, 9.17) is 4.74 Å². The molecule has 3 aliphatic rings. The summed E-state index contributed by atoms with van der Waals surface area (Å²) in [5.74, 6) is 0.484. The highest BCUT2D eigenvalue weighted by Crippen LogP contribution is 2.71. The fourth-order valence-electron chi connectivity index (χ4n) is 4.88. The summed E-state index contributed by atoms with van der Waals surface area (Å²) in [5.41, 5.74) is -1.46. The van der Waals surface area contributed by atoms with E-state index in [2.05, 4.69) is 13.8 Å². The maximum atomic E-state index is 10.5. The van der Waals surface area contributed by atoms with Crippen molar-refractivity contribution >= 4 is 0 Å². The van der Waals surface area contributed by atoms with Gasteiger partial charge in [-0.2, -0.15) is 0 Å². The van der Waals surface area contributed by atoms with E-state index in [0.717, 1.165) is 32.3 Å². The van der Waals surface area contributed by atoms with E-state index in [0.29, 0.717) is 12.3 Å². The van der Waals surface area contributed by atoms with Crippen molar-refractivity contribution in [3.8, 4) is 0 Å². The van der Waals surface area contributed by atoms with Gasteiger partial charge in [0.15, 0.2) is 0 Å². The third-order valence-electron chi connectivity index (χ3n) is 4.81. The molecule has 0 amide bonds. The van der Waals surface area contributed by atoms with Crippen molar-refractivity contribution in [3.05, 3.63) is 0 Å². The number of hydrogen-bond acceptors (Lipinski definition) is 3. The lowest BCUT2D eigenvalue weighted by atomic mass is 9.35. The molecule has 0 saturated heterocycles. The Balaban J connectivity index is 1.83. The zero-order chi connectivity index (χ0) is 11.6. The summed E-state index contributed by atoms with van der Waals surface area (Å²) in [7, 11) is 0. The van der Waals surface area contributed by atoms with Gasteiger partial charge in [0.25, 0.3) is 0 Å². The number of ether oxygens (including phenoxy) is 1. The zero-order valence-electron chi connectivity index (χ0n) is 10.2. The van der Waals surface area contributed by atoms with E-state index < -0.39 is 11.2 Å². The fraction of sp³-hybridized carbons (Fsp3) is 1.00. The topological polar surface area (TPSA) is 49.7 Å². The van der Waals surface area contributed by atoms with Crippen molar-refractivity contribution < 1.29 is 14.9 Å². The van der Waals surface area contributed by atoms with Crippen molar-refractivity contribution in [1.29, 1.82) is 0 Å². The second-order valence-corrected chi connectivity index (χ2v) is 6.42. The lowest BCUT2D eigenvalue weighted by Crippen LogP contribution is -2.85. The highest BCUT2D eigenvalue weighted by molar-refractivity contribution is 5.31. The van der Waals surface area contributed by atoms with Gasteiger partial charge in [-0.15, -0.1) is 0 Å². The summed E-state index contributed by atoms with van der Waals surface area (Å²) in [4.78, 5) is 0. The van der Waals surface area contributed by atoms with Crippen LogP contribution in [0.5, 0.6) is 0 Å². The predicted octanol–water partition coefficient (Wildman–Crippen LogP) is 1.47. The molecule has 0 spiro atoms. The van der Waals surface area contributed by atoms with Crippen LogP contribution in [0, 0.1) is 11.8 Å². The Kier molecular flexibility index (Phi) is 2.07. The molecule has 5 atom stereocenters. The first-order valence-electron chi connectivity index (χ1n) is 6.53. The van der Waals surface area contributed by atoms with Crippen LogP contribution in [0.4, 0.5) is 0 Å². The molecule has 3 saturated carbocycles. The Morgan fingerprint density at radius 3 is 2.56 bits per heavy atom. The minimum absolute atomic E-state index is 0.0183. The normalized spacial score (nSPS) is 58.5. The van der Waals surface area contributed by atoms with E-state index in [1.54, 1.807) is 0 Å². The summed E-state index contributed by atoms with van der Waals surface area (Å²) in [6, 6.07) is 0. The number of rotatable bonds is 3. The molecule has 0 aromatic heterocycles. The van der Waals surface area contributed by atoms with Gasteiger partial charge in [-0.1, -0.05) is 13.8 Å². The molecule has 2 N–H and O–H groups in total. The summed E-state index contributed by atoms with van der Waals surface area (Å²) < 4.78 is 6.00. The van der Waals surface area contributed by atoms with Crippen LogP contribution in [0.2, 0.25) is 0 Å². The quantitative estimate of drug-likeness (QED) is 0.766. The number of hydrogen-bond donors (Lipinski definition) is 2. The van der Waals surface area contributed by atoms with Gasteiger partial charge >= 0.3 is 0 Å². The van der Waals surface area contributed by atoms with Crippen LogP contribution in [0.1, 0.15) is 46.0 Å². The van der Waals surface area contributed by atoms with Crippen molar-refractivity contribution in [3.63, 3.8) is 0 Å². The molecule has 3 rings (SSSR count). The van der Waals surface area contributed by atoms with E-state index >= 15 is 0 Å². The van der Waals surface area contributed by atoms with Gasteiger partial charge in [-0.3, -0.25) is 0 Å². The molecule has 0 bridgehead atoms. The van der Waals surface area contributed by atoms with Crippen molar-refractivity contribution in [2.75, 3.05) is 6.61 Å². The Morgan fingerprint density at radius 1 is 1.19 bits per heavy atom. The number of aliphatic hydroxyl groups is 2. The molecular weight excluding hydrogens is 204 g/mol. The molecule has 16 heavy (non-hydrogen) atoms. The predicted molar refractivity (Wildman–Crippen MR) is 60.0 cm³/mol. The van der Waals surface area contributed by atoms with Crippen LogP contribution in [-0.2, 0) is 4.74 Å². The molecule has 92 valence electrons. The second kappa shape index (κ2) is 3.01. The largest absolute Gasteiger partial charge is 0.389 e. The van der Waals surface area contributed by atoms with Crippen molar-refractivity contribution in [2.24, 2.45) is 11.8 Å². The van der Waals surface area contributed by atoms with Crippen LogP contribution >= 0.6 is 0 Å². The van der Waals surface area contributed by atoms with Gasteiger partial charge < -0.3 is 14.9 Å². The SMILES string of the molecule is CCCOC12CC(C)CC3(O)CC(O)(C1)C32. The van der Waals surface area contributed by atoms with Crippen LogP contribution < -0.4 is 0 Å². The Morgan fingerprint density at radius 2 is 1.94 bits per heavy atom. The average molecular weight is 226 g/mol. The van der Waals surface area contributed by atoms with Crippen molar-refractivity contribution in [2.45, 2.75) is 62.8 Å². The molecule has 3 heteroatoms. The van der Waals surface area contributed by atoms with Gasteiger partial charge in [0.2, 0.25) is 0 Å². The fourth-order valence-corrected chi connectivity index (χ4v) is 4.88. The lowest BCUT2D eigenvalue weighted by Gasteiger charge is -2.76. The molecule has 0 aliphatic heterocycles. The molecule has 0 radical (unpaired) electrons. The van der Waals surface area contributed by atoms with Crippen LogP contribution in [0.15, 0.2) is 0 Å². The van der Waals surface area contributed by atoms with Crippen LogP contribution in [-0.4, -0.2) is 33.6 Å². The minimum atomic E-state index is -0.640. The van der Waals surface area contributed by atoms with Crippen LogP contribution in [0.25, 0.3) is 0 Å². The van der Waals surface area contributed by atoms with E-state index in [1.165, 1.54) is 0 Å². The molecule has 3 fully saturated rings. The molecular formula is C13H22O3. The first-order valence-corrected chi connectivity index (χ1v) is 6.53. The second-order valence-electron chi connectivity index (χ2n) is 6.42. The lowest BCUT2D eigenvalue weighted by molar-refractivity contribution is -0.401. The average Bonchev–Trinajstić information content (AvgIpc) is 2.09. The first kappa shape index (κ1) is 11.0. The third kappa shape index (κ3) is 1.14. The van der Waals surface area contributed by atoms with Gasteiger partial charge in [-0.25, -0.2) is 0 Å². The first-order chi connectivity index (χ1) is 7.44. The maximum Gasteiger partial charge on any atom is 0.0795 e. The molecule has 0 aromatic carbocycles. The highest BCUT2D eigenvalue weighted by atomic mass is 16.5. The maximum absolute atomic E-state index is 10.5. The molecule has 3 aliphatic carbocycles. The molecule has 3 nitrogen and oxygen atoms in total.